The summed E-state index contributed by atoms with van der Waals surface area (Å²) in [4.78, 5) is 2.17. The lowest BCUT2D eigenvalue weighted by atomic mass is 10.0. The van der Waals surface area contributed by atoms with Crippen molar-refractivity contribution in [2.75, 3.05) is 25.1 Å². The minimum absolute atomic E-state index is 0.0570. The van der Waals surface area contributed by atoms with Crippen molar-refractivity contribution in [3.8, 4) is 34.0 Å². The first-order valence-corrected chi connectivity index (χ1v) is 10.5. The molecule has 1 aromatic carbocycles. The lowest BCUT2D eigenvalue weighted by Gasteiger charge is -2.26. The Morgan fingerprint density at radius 3 is 2.62 bits per heavy atom. The molecule has 32 heavy (non-hydrogen) atoms. The maximum absolute atomic E-state index is 14.9. The van der Waals surface area contributed by atoms with Crippen LogP contribution >= 0.6 is 0 Å². The minimum atomic E-state index is -0.519. The fourth-order valence-corrected chi connectivity index (χ4v) is 3.92. The van der Waals surface area contributed by atoms with Crippen LogP contribution in [0.1, 0.15) is 27.2 Å². The fraction of sp³-hybridized carbons (Fsp3) is 0.391. The van der Waals surface area contributed by atoms with E-state index in [0.29, 0.717) is 17.3 Å². The molecule has 0 saturated carbocycles. The van der Waals surface area contributed by atoms with E-state index in [-0.39, 0.29) is 28.3 Å². The largest absolute Gasteiger partial charge is 0.507 e. The molecule has 0 amide bonds. The Morgan fingerprint density at radius 2 is 1.94 bits per heavy atom. The molecule has 1 saturated heterocycles. The smallest absolute Gasteiger partial charge is 0.233 e. The lowest BCUT2D eigenvalue weighted by molar-refractivity contribution is 0.373. The SMILES string of the molecule is COc1cc(-c2cc(O)c(-c3ccc(N4CC[C@H](NC(C)(C)C)C4)nn3)cc2F)cnn1. The van der Waals surface area contributed by atoms with Crippen molar-refractivity contribution in [2.24, 2.45) is 0 Å². The van der Waals surface area contributed by atoms with E-state index in [4.69, 9.17) is 4.74 Å². The van der Waals surface area contributed by atoms with Gasteiger partial charge in [0.05, 0.1) is 19.0 Å². The first-order chi connectivity index (χ1) is 15.2. The number of aromatic hydroxyl groups is 1. The zero-order chi connectivity index (χ0) is 22.9. The van der Waals surface area contributed by atoms with Crippen LogP contribution in [0.15, 0.2) is 36.5 Å². The van der Waals surface area contributed by atoms with Crippen molar-refractivity contribution in [3.63, 3.8) is 0 Å². The molecule has 4 rings (SSSR count). The molecule has 168 valence electrons. The summed E-state index contributed by atoms with van der Waals surface area (Å²) in [5.74, 6) is 0.400. The molecule has 1 aliphatic rings. The number of rotatable bonds is 5. The fourth-order valence-electron chi connectivity index (χ4n) is 3.92. The van der Waals surface area contributed by atoms with E-state index in [1.54, 1.807) is 12.1 Å². The molecule has 8 nitrogen and oxygen atoms in total. The van der Waals surface area contributed by atoms with E-state index in [1.807, 2.05) is 6.07 Å². The number of ether oxygens (including phenoxy) is 1. The van der Waals surface area contributed by atoms with Crippen molar-refractivity contribution in [1.82, 2.24) is 25.7 Å². The topological polar surface area (TPSA) is 96.3 Å². The van der Waals surface area contributed by atoms with Gasteiger partial charge in [0.1, 0.15) is 11.6 Å². The molecule has 1 fully saturated rings. The van der Waals surface area contributed by atoms with Crippen LogP contribution in [0.4, 0.5) is 10.2 Å². The molecule has 0 spiro atoms. The number of aromatic nitrogens is 4. The van der Waals surface area contributed by atoms with E-state index in [0.717, 1.165) is 25.3 Å². The zero-order valence-electron chi connectivity index (χ0n) is 18.6. The second-order valence-electron chi connectivity index (χ2n) is 8.94. The Kier molecular flexibility index (Phi) is 5.92. The molecule has 2 N–H and O–H groups in total. The van der Waals surface area contributed by atoms with Gasteiger partial charge < -0.3 is 20.1 Å². The van der Waals surface area contributed by atoms with E-state index in [2.05, 4.69) is 51.4 Å². The molecule has 9 heteroatoms. The van der Waals surface area contributed by atoms with Crippen molar-refractivity contribution in [2.45, 2.75) is 38.8 Å². The zero-order valence-corrected chi connectivity index (χ0v) is 18.6. The number of hydrogen-bond acceptors (Lipinski definition) is 8. The van der Waals surface area contributed by atoms with Gasteiger partial charge in [0.25, 0.3) is 0 Å². The third kappa shape index (κ3) is 4.77. The van der Waals surface area contributed by atoms with Gasteiger partial charge in [0.2, 0.25) is 5.88 Å². The highest BCUT2D eigenvalue weighted by atomic mass is 19.1. The number of nitrogens with zero attached hydrogens (tertiary/aromatic N) is 5. The summed E-state index contributed by atoms with van der Waals surface area (Å²) in [7, 11) is 1.45. The molecule has 0 bridgehead atoms. The summed E-state index contributed by atoms with van der Waals surface area (Å²) < 4.78 is 19.9. The van der Waals surface area contributed by atoms with Crippen LogP contribution in [0.5, 0.6) is 11.6 Å². The maximum Gasteiger partial charge on any atom is 0.233 e. The number of methoxy groups -OCH3 is 1. The lowest BCUT2D eigenvalue weighted by Crippen LogP contribution is -2.45. The third-order valence-electron chi connectivity index (χ3n) is 5.31. The first-order valence-electron chi connectivity index (χ1n) is 10.5. The highest BCUT2D eigenvalue weighted by Crippen LogP contribution is 2.35. The number of benzene rings is 1. The molecule has 0 radical (unpaired) electrons. The summed E-state index contributed by atoms with van der Waals surface area (Å²) >= 11 is 0. The number of hydrogen-bond donors (Lipinski definition) is 2. The van der Waals surface area contributed by atoms with Crippen molar-refractivity contribution >= 4 is 5.82 Å². The van der Waals surface area contributed by atoms with E-state index in [1.165, 1.54) is 25.4 Å². The number of phenolic OH excluding ortho intramolecular Hbond substituents is 1. The van der Waals surface area contributed by atoms with Crippen LogP contribution in [0, 0.1) is 5.82 Å². The van der Waals surface area contributed by atoms with Crippen molar-refractivity contribution < 1.29 is 14.2 Å². The van der Waals surface area contributed by atoms with Crippen molar-refractivity contribution in [3.05, 3.63) is 42.3 Å². The Hall–Kier alpha value is -3.33. The minimum Gasteiger partial charge on any atom is -0.507 e. The monoisotopic (exact) mass is 438 g/mol. The van der Waals surface area contributed by atoms with Gasteiger partial charge in [0, 0.05) is 47.4 Å². The van der Waals surface area contributed by atoms with Crippen LogP contribution in [0.25, 0.3) is 22.4 Å². The van der Waals surface area contributed by atoms with E-state index >= 15 is 0 Å². The highest BCUT2D eigenvalue weighted by molar-refractivity contribution is 5.75. The second kappa shape index (κ2) is 8.66. The molecule has 1 atom stereocenters. The quantitative estimate of drug-likeness (QED) is 0.626. The van der Waals surface area contributed by atoms with Crippen LogP contribution in [0.3, 0.4) is 0 Å². The standard InChI is InChI=1S/C23H27FN6O2/c1-23(2,3)26-15-7-8-30(13-15)21-6-5-19(27-28-21)17-10-18(24)16(11-20(17)31)14-9-22(32-4)29-25-12-14/h5-6,9-12,15,26,31H,7-8,13H2,1-4H3/t15-/m0/s1. The van der Waals surface area contributed by atoms with Gasteiger partial charge in [-0.3, -0.25) is 0 Å². The summed E-state index contributed by atoms with van der Waals surface area (Å²) in [6.07, 6.45) is 2.44. The summed E-state index contributed by atoms with van der Waals surface area (Å²) in [6.45, 7) is 8.21. The van der Waals surface area contributed by atoms with Gasteiger partial charge in [0.15, 0.2) is 5.82 Å². The van der Waals surface area contributed by atoms with E-state index < -0.39 is 5.82 Å². The van der Waals surface area contributed by atoms with Gasteiger partial charge in [-0.25, -0.2) is 4.39 Å². The third-order valence-corrected chi connectivity index (χ3v) is 5.31. The number of halogens is 1. The average molecular weight is 439 g/mol. The predicted octanol–water partition coefficient (Wildman–Crippen LogP) is 3.42. The summed E-state index contributed by atoms with van der Waals surface area (Å²) in [6, 6.07) is 8.14. The van der Waals surface area contributed by atoms with Crippen LogP contribution in [-0.2, 0) is 0 Å². The summed E-state index contributed by atoms with van der Waals surface area (Å²) in [5, 5.41) is 30.3. The predicted molar refractivity (Wildman–Crippen MR) is 120 cm³/mol. The van der Waals surface area contributed by atoms with Gasteiger partial charge in [-0.2, -0.15) is 5.10 Å². The van der Waals surface area contributed by atoms with E-state index in [9.17, 15) is 9.50 Å². The van der Waals surface area contributed by atoms with Gasteiger partial charge in [-0.15, -0.1) is 15.3 Å². The van der Waals surface area contributed by atoms with Gasteiger partial charge >= 0.3 is 0 Å². The number of anilines is 1. The number of nitrogens with one attached hydrogen (secondary N) is 1. The highest BCUT2D eigenvalue weighted by Gasteiger charge is 2.27. The Balaban J connectivity index is 1.54. The van der Waals surface area contributed by atoms with Gasteiger partial charge in [-0.1, -0.05) is 0 Å². The molecular weight excluding hydrogens is 411 g/mol. The molecular formula is C23H27FN6O2. The van der Waals surface area contributed by atoms with Crippen molar-refractivity contribution in [1.29, 1.82) is 0 Å². The maximum atomic E-state index is 14.9. The molecule has 3 aromatic rings. The first kappa shape index (κ1) is 21.9. The molecule has 0 aliphatic carbocycles. The average Bonchev–Trinajstić information content (AvgIpc) is 3.22. The van der Waals surface area contributed by atoms with Crippen LogP contribution < -0.4 is 15.0 Å². The van der Waals surface area contributed by atoms with Crippen LogP contribution in [0.2, 0.25) is 0 Å². The Bertz CT molecular complexity index is 1100. The van der Waals surface area contributed by atoms with Crippen LogP contribution in [-0.4, -0.2) is 57.3 Å². The molecule has 1 aliphatic heterocycles. The molecule has 2 aromatic heterocycles. The molecule has 0 unspecified atom stereocenters. The second-order valence-corrected chi connectivity index (χ2v) is 8.94. The molecule has 3 heterocycles. The van der Waals surface area contributed by atoms with Gasteiger partial charge in [-0.05, 0) is 51.5 Å². The normalized spacial score (nSPS) is 16.4. The number of phenols is 1. The Labute approximate surface area is 186 Å². The Morgan fingerprint density at radius 1 is 1.12 bits per heavy atom. The summed E-state index contributed by atoms with van der Waals surface area (Å²) in [5.41, 5.74) is 1.36.